The van der Waals surface area contributed by atoms with Gasteiger partial charge in [0.05, 0.1) is 22.7 Å². The van der Waals surface area contributed by atoms with Gasteiger partial charge in [0.15, 0.2) is 0 Å². The fourth-order valence-corrected chi connectivity index (χ4v) is 2.72. The molecule has 0 N–H and O–H groups in total. The summed E-state index contributed by atoms with van der Waals surface area (Å²) in [6, 6.07) is 15.0. The molecule has 2 aromatic carbocycles. The first kappa shape index (κ1) is 15.3. The van der Waals surface area contributed by atoms with Gasteiger partial charge >= 0.3 is 0 Å². The van der Waals surface area contributed by atoms with Crippen molar-refractivity contribution in [2.24, 2.45) is 7.05 Å². The van der Waals surface area contributed by atoms with Gasteiger partial charge in [0.2, 0.25) is 0 Å². The van der Waals surface area contributed by atoms with E-state index in [9.17, 15) is 4.79 Å². The van der Waals surface area contributed by atoms with Crippen LogP contribution in [0.2, 0.25) is 0 Å². The molecular weight excluding hydrogens is 310 g/mol. The first-order valence-corrected chi connectivity index (χ1v) is 7.60. The molecule has 0 unspecified atom stereocenters. The Balaban J connectivity index is 1.83. The van der Waals surface area contributed by atoms with Crippen molar-refractivity contribution in [3.05, 3.63) is 65.0 Å². The lowest BCUT2D eigenvalue weighted by Crippen LogP contribution is -2.00. The second kappa shape index (κ2) is 6.23. The molecule has 0 amide bonds. The number of aryl methyl sites for hydroxylation is 3. The highest BCUT2D eigenvalue weighted by Crippen LogP contribution is 2.19. The van der Waals surface area contributed by atoms with Crippen LogP contribution in [0.25, 0.3) is 11.0 Å². The number of benzene rings is 2. The molecule has 0 aliphatic rings. The zero-order chi connectivity index (χ0) is 16.4. The van der Waals surface area contributed by atoms with Gasteiger partial charge in [-0.1, -0.05) is 12.1 Å². The topological polar surface area (TPSA) is 58.7 Å². The lowest BCUT2D eigenvalue weighted by Gasteiger charge is -2.03. The monoisotopic (exact) mass is 323 g/mol. The SMILES string of the molecule is Cn1c(CCc2ccc(C#N)cc2)nc2cc(C(=O)Cl)ccc21. The predicted octanol–water partition coefficient (Wildman–Crippen LogP) is 3.61. The van der Waals surface area contributed by atoms with Crippen molar-refractivity contribution in [3.8, 4) is 6.07 Å². The quantitative estimate of drug-likeness (QED) is 0.689. The molecule has 5 heteroatoms. The Labute approximate surface area is 138 Å². The third-order valence-electron chi connectivity index (χ3n) is 3.92. The number of rotatable bonds is 4. The van der Waals surface area contributed by atoms with Gasteiger partial charge in [-0.2, -0.15) is 5.26 Å². The number of aromatic nitrogens is 2. The van der Waals surface area contributed by atoms with Gasteiger partial charge in [-0.05, 0) is 53.9 Å². The fourth-order valence-electron chi connectivity index (χ4n) is 2.60. The first-order valence-electron chi connectivity index (χ1n) is 7.22. The van der Waals surface area contributed by atoms with Gasteiger partial charge in [-0.15, -0.1) is 0 Å². The molecule has 0 atom stereocenters. The van der Waals surface area contributed by atoms with Crippen LogP contribution in [0.1, 0.15) is 27.3 Å². The molecule has 0 saturated carbocycles. The van der Waals surface area contributed by atoms with Crippen molar-refractivity contribution in [2.45, 2.75) is 12.8 Å². The molecule has 0 bridgehead atoms. The lowest BCUT2D eigenvalue weighted by molar-refractivity contribution is 0.108. The molecule has 3 rings (SSSR count). The van der Waals surface area contributed by atoms with E-state index in [1.54, 1.807) is 12.1 Å². The number of fused-ring (bicyclic) bond motifs is 1. The summed E-state index contributed by atoms with van der Waals surface area (Å²) in [6.07, 6.45) is 1.62. The zero-order valence-corrected chi connectivity index (χ0v) is 13.3. The van der Waals surface area contributed by atoms with Crippen molar-refractivity contribution in [1.82, 2.24) is 9.55 Å². The zero-order valence-electron chi connectivity index (χ0n) is 12.6. The van der Waals surface area contributed by atoms with Crippen LogP contribution < -0.4 is 0 Å². The Bertz CT molecular complexity index is 920. The standard InChI is InChI=1S/C18H14ClN3O/c1-22-16-8-7-14(18(19)23)10-15(16)21-17(22)9-6-12-2-4-13(11-20)5-3-12/h2-5,7-8,10H,6,9H2,1H3. The molecule has 0 aliphatic carbocycles. The molecule has 0 aliphatic heterocycles. The minimum atomic E-state index is -0.475. The Morgan fingerprint density at radius 2 is 1.96 bits per heavy atom. The molecule has 1 aromatic heterocycles. The number of hydrogen-bond donors (Lipinski definition) is 0. The number of imidazole rings is 1. The molecule has 0 saturated heterocycles. The van der Waals surface area contributed by atoms with Crippen molar-refractivity contribution in [1.29, 1.82) is 5.26 Å². The van der Waals surface area contributed by atoms with E-state index in [0.29, 0.717) is 11.1 Å². The summed E-state index contributed by atoms with van der Waals surface area (Å²) in [4.78, 5) is 15.9. The number of hydrogen-bond acceptors (Lipinski definition) is 3. The summed E-state index contributed by atoms with van der Waals surface area (Å²) in [5.74, 6) is 0.948. The van der Waals surface area contributed by atoms with Crippen LogP contribution in [-0.2, 0) is 19.9 Å². The number of carbonyl (C=O) groups is 1. The van der Waals surface area contributed by atoms with Gasteiger partial charge in [-0.3, -0.25) is 4.79 Å². The van der Waals surface area contributed by atoms with Gasteiger partial charge in [0, 0.05) is 19.0 Å². The number of nitriles is 1. The smallest absolute Gasteiger partial charge is 0.252 e. The van der Waals surface area contributed by atoms with E-state index in [-0.39, 0.29) is 0 Å². The Morgan fingerprint density at radius 3 is 2.61 bits per heavy atom. The van der Waals surface area contributed by atoms with Crippen molar-refractivity contribution in [2.75, 3.05) is 0 Å². The van der Waals surface area contributed by atoms with E-state index in [1.807, 2.05) is 41.9 Å². The molecule has 0 radical (unpaired) electrons. The molecule has 3 aromatic rings. The maximum atomic E-state index is 11.3. The second-order valence-electron chi connectivity index (χ2n) is 5.37. The molecule has 23 heavy (non-hydrogen) atoms. The van der Waals surface area contributed by atoms with Crippen LogP contribution in [0, 0.1) is 11.3 Å². The van der Waals surface area contributed by atoms with Crippen molar-refractivity contribution in [3.63, 3.8) is 0 Å². The fraction of sp³-hybridized carbons (Fsp3) is 0.167. The Kier molecular flexibility index (Phi) is 4.14. The minimum Gasteiger partial charge on any atom is -0.331 e. The number of carbonyl (C=O) groups excluding carboxylic acids is 1. The van der Waals surface area contributed by atoms with Crippen LogP contribution >= 0.6 is 11.6 Å². The van der Waals surface area contributed by atoms with E-state index in [1.165, 1.54) is 0 Å². The summed E-state index contributed by atoms with van der Waals surface area (Å²) < 4.78 is 2.03. The average molecular weight is 324 g/mol. The van der Waals surface area contributed by atoms with Crippen LogP contribution in [0.4, 0.5) is 0 Å². The summed E-state index contributed by atoms with van der Waals surface area (Å²) >= 11 is 5.52. The van der Waals surface area contributed by atoms with E-state index in [4.69, 9.17) is 16.9 Å². The molecule has 0 fully saturated rings. The van der Waals surface area contributed by atoms with Crippen LogP contribution in [0.3, 0.4) is 0 Å². The van der Waals surface area contributed by atoms with Gasteiger partial charge in [0.25, 0.3) is 5.24 Å². The first-order chi connectivity index (χ1) is 11.1. The van der Waals surface area contributed by atoms with Crippen LogP contribution in [0.5, 0.6) is 0 Å². The maximum absolute atomic E-state index is 11.3. The van der Waals surface area contributed by atoms with Crippen molar-refractivity contribution >= 4 is 27.9 Å². The highest BCUT2D eigenvalue weighted by Gasteiger charge is 2.10. The van der Waals surface area contributed by atoms with E-state index < -0.39 is 5.24 Å². The van der Waals surface area contributed by atoms with E-state index in [0.717, 1.165) is 35.3 Å². The highest BCUT2D eigenvalue weighted by atomic mass is 35.5. The second-order valence-corrected chi connectivity index (χ2v) is 5.72. The third kappa shape index (κ3) is 3.10. The molecule has 1 heterocycles. The van der Waals surface area contributed by atoms with Gasteiger partial charge in [0.1, 0.15) is 5.82 Å². The lowest BCUT2D eigenvalue weighted by atomic mass is 10.1. The summed E-state index contributed by atoms with van der Waals surface area (Å²) in [7, 11) is 1.96. The van der Waals surface area contributed by atoms with E-state index >= 15 is 0 Å². The predicted molar refractivity (Wildman–Crippen MR) is 89.5 cm³/mol. The minimum absolute atomic E-state index is 0.455. The van der Waals surface area contributed by atoms with Crippen LogP contribution in [0.15, 0.2) is 42.5 Å². The number of nitrogens with zero attached hydrogens (tertiary/aromatic N) is 3. The summed E-state index contributed by atoms with van der Waals surface area (Å²) in [6.45, 7) is 0. The van der Waals surface area contributed by atoms with Crippen molar-refractivity contribution < 1.29 is 4.79 Å². The average Bonchev–Trinajstić information content (AvgIpc) is 2.89. The molecule has 4 nitrogen and oxygen atoms in total. The Hall–Kier alpha value is -2.64. The molecule has 114 valence electrons. The third-order valence-corrected chi connectivity index (χ3v) is 4.14. The molecule has 0 spiro atoms. The van der Waals surface area contributed by atoms with Crippen LogP contribution in [-0.4, -0.2) is 14.8 Å². The van der Waals surface area contributed by atoms with Gasteiger partial charge in [-0.25, -0.2) is 4.98 Å². The number of halogens is 1. The van der Waals surface area contributed by atoms with E-state index in [2.05, 4.69) is 11.1 Å². The van der Waals surface area contributed by atoms with Gasteiger partial charge < -0.3 is 4.57 Å². The normalized spacial score (nSPS) is 10.7. The summed E-state index contributed by atoms with van der Waals surface area (Å²) in [5.41, 5.74) is 4.02. The summed E-state index contributed by atoms with van der Waals surface area (Å²) in [5, 5.41) is 8.34. The Morgan fingerprint density at radius 1 is 1.22 bits per heavy atom. The highest BCUT2D eigenvalue weighted by molar-refractivity contribution is 6.67. The maximum Gasteiger partial charge on any atom is 0.252 e. The molecular formula is C18H14ClN3O. The largest absolute Gasteiger partial charge is 0.331 e.